The Hall–Kier alpha value is -0.390. The van der Waals surface area contributed by atoms with Crippen molar-refractivity contribution < 1.29 is 9.53 Å². The summed E-state index contributed by atoms with van der Waals surface area (Å²) in [6.45, 7) is 4.41. The largest absolute Gasteiger partial charge is 0.466 e. The Kier molecular flexibility index (Phi) is 5.86. The number of nitrogens with two attached hydrogens (primary N) is 1. The molecule has 0 amide bonds. The van der Waals surface area contributed by atoms with Crippen LogP contribution in [0.15, 0.2) is 10.5 Å². The Balaban J connectivity index is 2.08. The van der Waals surface area contributed by atoms with E-state index in [0.717, 1.165) is 23.7 Å². The molecule has 2 N–H and O–H groups in total. The molecule has 1 aromatic heterocycles. The minimum absolute atomic E-state index is 0.00870. The van der Waals surface area contributed by atoms with Gasteiger partial charge in [-0.15, -0.1) is 11.3 Å². The number of ether oxygens (including phenoxy) is 1. The number of carbonyl (C=O) groups excluding carboxylic acids is 1. The third kappa shape index (κ3) is 4.30. The number of rotatable bonds is 6. The van der Waals surface area contributed by atoms with Gasteiger partial charge >= 0.3 is 5.97 Å². The molecule has 118 valence electrons. The molecule has 1 heterocycles. The summed E-state index contributed by atoms with van der Waals surface area (Å²) in [4.78, 5) is 14.4. The van der Waals surface area contributed by atoms with Crippen molar-refractivity contribution in [2.24, 2.45) is 11.1 Å². The van der Waals surface area contributed by atoms with Gasteiger partial charge in [-0.2, -0.15) is 0 Å². The molecular formula is C16H24BrNO2S. The summed E-state index contributed by atoms with van der Waals surface area (Å²) in [5.41, 5.74) is 6.48. The number of esters is 1. The van der Waals surface area contributed by atoms with Gasteiger partial charge in [0.15, 0.2) is 0 Å². The van der Waals surface area contributed by atoms with E-state index in [2.05, 4.69) is 28.9 Å². The highest BCUT2D eigenvalue weighted by Crippen LogP contribution is 2.48. The van der Waals surface area contributed by atoms with Gasteiger partial charge in [-0.1, -0.05) is 12.8 Å². The predicted molar refractivity (Wildman–Crippen MR) is 90.5 cm³/mol. The summed E-state index contributed by atoms with van der Waals surface area (Å²) in [5, 5.41) is 0. The molecule has 1 aliphatic carbocycles. The molecule has 0 bridgehead atoms. The van der Waals surface area contributed by atoms with Gasteiger partial charge in [0, 0.05) is 20.3 Å². The zero-order valence-corrected chi connectivity index (χ0v) is 15.2. The number of hydrogen-bond donors (Lipinski definition) is 1. The van der Waals surface area contributed by atoms with Gasteiger partial charge in [0.2, 0.25) is 0 Å². The van der Waals surface area contributed by atoms with E-state index in [-0.39, 0.29) is 17.4 Å². The summed E-state index contributed by atoms with van der Waals surface area (Å²) in [6, 6.07) is 2.11. The van der Waals surface area contributed by atoms with E-state index in [9.17, 15) is 4.79 Å². The summed E-state index contributed by atoms with van der Waals surface area (Å²) in [5.74, 6) is -0.0759. The highest BCUT2D eigenvalue weighted by atomic mass is 79.9. The highest BCUT2D eigenvalue weighted by Gasteiger charge is 2.38. The monoisotopic (exact) mass is 373 g/mol. The number of aryl methyl sites for hydroxylation is 1. The SMILES string of the molecule is CCOC(=O)CC1(CC(N)c2sc(C)cc2Br)CCCC1. The van der Waals surface area contributed by atoms with E-state index < -0.39 is 0 Å². The van der Waals surface area contributed by atoms with Crippen LogP contribution >= 0.6 is 27.3 Å². The van der Waals surface area contributed by atoms with E-state index in [1.807, 2.05) is 6.92 Å². The molecular weight excluding hydrogens is 350 g/mol. The van der Waals surface area contributed by atoms with Crippen LogP contribution < -0.4 is 5.73 Å². The lowest BCUT2D eigenvalue weighted by Gasteiger charge is -2.30. The molecule has 21 heavy (non-hydrogen) atoms. The van der Waals surface area contributed by atoms with Crippen molar-refractivity contribution in [1.82, 2.24) is 0 Å². The van der Waals surface area contributed by atoms with Crippen molar-refractivity contribution in [3.05, 3.63) is 20.3 Å². The Morgan fingerprint density at radius 1 is 1.52 bits per heavy atom. The molecule has 1 saturated carbocycles. The molecule has 1 atom stereocenters. The first-order valence-electron chi connectivity index (χ1n) is 7.63. The minimum Gasteiger partial charge on any atom is -0.466 e. The van der Waals surface area contributed by atoms with Crippen LogP contribution in [0.3, 0.4) is 0 Å². The fourth-order valence-corrected chi connectivity index (χ4v) is 5.36. The molecule has 0 aliphatic heterocycles. The topological polar surface area (TPSA) is 52.3 Å². The standard InChI is InChI=1S/C16H24BrNO2S/c1-3-20-14(19)10-16(6-4-5-7-16)9-13(18)15-12(17)8-11(2)21-15/h8,13H,3-7,9-10,18H2,1-2H3. The van der Waals surface area contributed by atoms with Crippen molar-refractivity contribution in [3.63, 3.8) is 0 Å². The summed E-state index contributed by atoms with van der Waals surface area (Å²) in [7, 11) is 0. The molecule has 1 unspecified atom stereocenters. The van der Waals surface area contributed by atoms with Gasteiger partial charge < -0.3 is 10.5 Å². The van der Waals surface area contributed by atoms with Gasteiger partial charge in [0.25, 0.3) is 0 Å². The van der Waals surface area contributed by atoms with E-state index >= 15 is 0 Å². The lowest BCUT2D eigenvalue weighted by Crippen LogP contribution is -2.27. The van der Waals surface area contributed by atoms with Crippen LogP contribution in [-0.2, 0) is 9.53 Å². The third-order valence-electron chi connectivity index (χ3n) is 4.31. The third-order valence-corrected chi connectivity index (χ3v) is 6.42. The lowest BCUT2D eigenvalue weighted by atomic mass is 9.77. The van der Waals surface area contributed by atoms with Crippen LogP contribution in [0.25, 0.3) is 0 Å². The van der Waals surface area contributed by atoms with Gasteiger partial charge in [-0.3, -0.25) is 4.79 Å². The maximum atomic E-state index is 11.9. The first-order valence-corrected chi connectivity index (χ1v) is 9.24. The van der Waals surface area contributed by atoms with E-state index in [4.69, 9.17) is 10.5 Å². The lowest BCUT2D eigenvalue weighted by molar-refractivity contribution is -0.146. The molecule has 1 aromatic rings. The summed E-state index contributed by atoms with van der Waals surface area (Å²) < 4.78 is 6.26. The minimum atomic E-state index is -0.0759. The molecule has 0 saturated heterocycles. The molecule has 1 fully saturated rings. The van der Waals surface area contributed by atoms with Crippen molar-refractivity contribution >= 4 is 33.2 Å². The van der Waals surface area contributed by atoms with Gasteiger partial charge in [-0.25, -0.2) is 0 Å². The molecule has 0 radical (unpaired) electrons. The second-order valence-corrected chi connectivity index (χ2v) is 8.21. The molecule has 2 rings (SSSR count). The molecule has 5 heteroatoms. The molecule has 1 aliphatic rings. The van der Waals surface area contributed by atoms with Gasteiger partial charge in [0.1, 0.15) is 0 Å². The maximum Gasteiger partial charge on any atom is 0.306 e. The highest BCUT2D eigenvalue weighted by molar-refractivity contribution is 9.10. The number of thiophene rings is 1. The average Bonchev–Trinajstić information content (AvgIpc) is 2.96. The van der Waals surface area contributed by atoms with Crippen molar-refractivity contribution in [3.8, 4) is 0 Å². The zero-order valence-electron chi connectivity index (χ0n) is 12.8. The molecule has 3 nitrogen and oxygen atoms in total. The first kappa shape index (κ1) is 17.0. The number of hydrogen-bond acceptors (Lipinski definition) is 4. The van der Waals surface area contributed by atoms with Crippen molar-refractivity contribution in [2.75, 3.05) is 6.61 Å². The van der Waals surface area contributed by atoms with Crippen molar-refractivity contribution in [2.45, 2.75) is 58.4 Å². The maximum absolute atomic E-state index is 11.9. The zero-order chi connectivity index (χ0) is 15.5. The van der Waals surface area contributed by atoms with Gasteiger partial charge in [0.05, 0.1) is 13.0 Å². The Morgan fingerprint density at radius 2 is 2.19 bits per heavy atom. The van der Waals surface area contributed by atoms with E-state index in [0.29, 0.717) is 13.0 Å². The Bertz CT molecular complexity index is 494. The van der Waals surface area contributed by atoms with Crippen LogP contribution in [0, 0.1) is 12.3 Å². The first-order chi connectivity index (χ1) is 9.96. The fourth-order valence-electron chi connectivity index (χ4n) is 3.41. The summed E-state index contributed by atoms with van der Waals surface area (Å²) in [6.07, 6.45) is 5.93. The van der Waals surface area contributed by atoms with Crippen LogP contribution in [0.2, 0.25) is 0 Å². The van der Waals surface area contributed by atoms with Crippen molar-refractivity contribution in [1.29, 1.82) is 0 Å². The average molecular weight is 374 g/mol. The van der Waals surface area contributed by atoms with Crippen LogP contribution in [0.4, 0.5) is 0 Å². The normalized spacial score (nSPS) is 18.7. The second-order valence-electron chi connectivity index (χ2n) is 6.07. The quantitative estimate of drug-likeness (QED) is 0.733. The van der Waals surface area contributed by atoms with Crippen LogP contribution in [0.1, 0.15) is 61.2 Å². The number of halogens is 1. The molecule has 0 aromatic carbocycles. The van der Waals surface area contributed by atoms with E-state index in [1.54, 1.807) is 11.3 Å². The predicted octanol–water partition coefficient (Wildman–Crippen LogP) is 4.72. The van der Waals surface area contributed by atoms with Crippen LogP contribution in [-0.4, -0.2) is 12.6 Å². The molecule has 0 spiro atoms. The second kappa shape index (κ2) is 7.25. The van der Waals surface area contributed by atoms with E-state index in [1.165, 1.54) is 22.6 Å². The van der Waals surface area contributed by atoms with Gasteiger partial charge in [-0.05, 0) is 60.5 Å². The Morgan fingerprint density at radius 3 is 2.71 bits per heavy atom. The fraction of sp³-hybridized carbons (Fsp3) is 0.688. The number of carbonyl (C=O) groups is 1. The Labute approximate surface area is 139 Å². The smallest absolute Gasteiger partial charge is 0.306 e. The summed E-state index contributed by atoms with van der Waals surface area (Å²) >= 11 is 5.34. The van der Waals surface area contributed by atoms with Crippen LogP contribution in [0.5, 0.6) is 0 Å².